The van der Waals surface area contributed by atoms with Crippen LogP contribution >= 0.6 is 0 Å². The van der Waals surface area contributed by atoms with Gasteiger partial charge in [-0.1, -0.05) is 0 Å². The third-order valence-electron chi connectivity index (χ3n) is 1.74. The highest BCUT2D eigenvalue weighted by Crippen LogP contribution is 2.10. The first kappa shape index (κ1) is 9.80. The maximum atomic E-state index is 11.4. The van der Waals surface area contributed by atoms with Crippen LogP contribution in [0.5, 0.6) is 0 Å². The number of aromatic nitrogens is 1. The van der Waals surface area contributed by atoms with Gasteiger partial charge in [0.1, 0.15) is 6.04 Å². The fourth-order valence-electron chi connectivity index (χ4n) is 1.15. The normalized spacial score (nSPS) is 12.5. The first-order valence-corrected chi connectivity index (χ1v) is 4.26. The van der Waals surface area contributed by atoms with E-state index in [-0.39, 0.29) is 5.97 Å². The van der Waals surface area contributed by atoms with Crippen LogP contribution in [0, 0.1) is 0 Å². The Morgan fingerprint density at radius 2 is 2.54 bits per heavy atom. The molecule has 1 rings (SSSR count). The van der Waals surface area contributed by atoms with E-state index in [4.69, 9.17) is 4.74 Å². The predicted octanol–water partition coefficient (Wildman–Crippen LogP) is 0.838. The summed E-state index contributed by atoms with van der Waals surface area (Å²) in [5.74, 6) is -0.257. The number of carbonyl (C=O) groups excluding carboxylic acids is 1. The molecule has 72 valence electrons. The van der Waals surface area contributed by atoms with E-state index in [1.807, 2.05) is 12.1 Å². The van der Waals surface area contributed by atoms with Crippen molar-refractivity contribution in [2.75, 3.05) is 13.7 Å². The Kier molecular flexibility index (Phi) is 3.52. The molecule has 0 aromatic carbocycles. The number of likely N-dealkylation sites (N-methyl/N-ethyl adjacent to an activating group) is 1. The van der Waals surface area contributed by atoms with Gasteiger partial charge < -0.3 is 15.0 Å². The summed E-state index contributed by atoms with van der Waals surface area (Å²) in [5.41, 5.74) is 0.820. The van der Waals surface area contributed by atoms with Crippen LogP contribution in [0.1, 0.15) is 18.7 Å². The maximum Gasteiger partial charge on any atom is 0.329 e. The molecule has 1 aromatic rings. The number of hydrogen-bond acceptors (Lipinski definition) is 3. The van der Waals surface area contributed by atoms with E-state index >= 15 is 0 Å². The highest BCUT2D eigenvalue weighted by Gasteiger charge is 2.19. The van der Waals surface area contributed by atoms with Crippen LogP contribution < -0.4 is 5.32 Å². The van der Waals surface area contributed by atoms with Crippen molar-refractivity contribution < 1.29 is 9.53 Å². The maximum absolute atomic E-state index is 11.4. The van der Waals surface area contributed by atoms with Crippen molar-refractivity contribution in [3.8, 4) is 0 Å². The lowest BCUT2D eigenvalue weighted by molar-refractivity contribution is -0.145. The Labute approximate surface area is 77.3 Å². The van der Waals surface area contributed by atoms with Gasteiger partial charge in [0.25, 0.3) is 0 Å². The third-order valence-corrected chi connectivity index (χ3v) is 1.74. The second-order valence-corrected chi connectivity index (χ2v) is 2.60. The molecular formula is C9H14N2O2. The van der Waals surface area contributed by atoms with Gasteiger partial charge in [-0.3, -0.25) is 0 Å². The molecule has 0 aliphatic carbocycles. The van der Waals surface area contributed by atoms with E-state index in [1.165, 1.54) is 0 Å². The molecule has 1 atom stereocenters. The molecule has 1 unspecified atom stereocenters. The number of nitrogens with one attached hydrogen (secondary N) is 2. The zero-order valence-electron chi connectivity index (χ0n) is 7.83. The van der Waals surface area contributed by atoms with Crippen LogP contribution in [-0.2, 0) is 9.53 Å². The number of carbonyl (C=O) groups is 1. The fourth-order valence-corrected chi connectivity index (χ4v) is 1.15. The monoisotopic (exact) mass is 182 g/mol. The van der Waals surface area contributed by atoms with Crippen LogP contribution in [0.3, 0.4) is 0 Å². The SMILES string of the molecule is CCOC(=O)C(NC)c1ccc[nH]1. The first-order valence-electron chi connectivity index (χ1n) is 4.26. The van der Waals surface area contributed by atoms with Crippen molar-refractivity contribution in [2.24, 2.45) is 0 Å². The second-order valence-electron chi connectivity index (χ2n) is 2.60. The molecule has 0 aliphatic heterocycles. The molecule has 2 N–H and O–H groups in total. The Morgan fingerprint density at radius 3 is 3.00 bits per heavy atom. The Hall–Kier alpha value is -1.29. The zero-order valence-corrected chi connectivity index (χ0v) is 7.83. The van der Waals surface area contributed by atoms with Crippen molar-refractivity contribution in [3.63, 3.8) is 0 Å². The van der Waals surface area contributed by atoms with Gasteiger partial charge >= 0.3 is 5.97 Å². The van der Waals surface area contributed by atoms with Crippen molar-refractivity contribution in [1.29, 1.82) is 0 Å². The summed E-state index contributed by atoms with van der Waals surface area (Å²) < 4.78 is 4.90. The predicted molar refractivity (Wildman–Crippen MR) is 49.2 cm³/mol. The highest BCUT2D eigenvalue weighted by atomic mass is 16.5. The van der Waals surface area contributed by atoms with Crippen LogP contribution in [0.25, 0.3) is 0 Å². The topological polar surface area (TPSA) is 54.1 Å². The Morgan fingerprint density at radius 1 is 1.77 bits per heavy atom. The number of H-pyrrole nitrogens is 1. The van der Waals surface area contributed by atoms with E-state index in [0.717, 1.165) is 5.69 Å². The Balaban J connectivity index is 2.68. The smallest absolute Gasteiger partial charge is 0.329 e. The van der Waals surface area contributed by atoms with Gasteiger partial charge in [-0.05, 0) is 26.1 Å². The van der Waals surface area contributed by atoms with Gasteiger partial charge in [0.2, 0.25) is 0 Å². The van der Waals surface area contributed by atoms with Gasteiger partial charge in [0.15, 0.2) is 0 Å². The van der Waals surface area contributed by atoms with Crippen molar-refractivity contribution in [3.05, 3.63) is 24.0 Å². The molecule has 13 heavy (non-hydrogen) atoms. The summed E-state index contributed by atoms with van der Waals surface area (Å²) in [7, 11) is 1.72. The summed E-state index contributed by atoms with van der Waals surface area (Å²) in [6.45, 7) is 2.19. The van der Waals surface area contributed by atoms with E-state index in [1.54, 1.807) is 20.2 Å². The molecule has 0 radical (unpaired) electrons. The molecule has 1 heterocycles. The van der Waals surface area contributed by atoms with Gasteiger partial charge in [-0.15, -0.1) is 0 Å². The number of esters is 1. The summed E-state index contributed by atoms with van der Waals surface area (Å²) in [5, 5.41) is 2.88. The lowest BCUT2D eigenvalue weighted by Crippen LogP contribution is -2.27. The zero-order chi connectivity index (χ0) is 9.68. The summed E-state index contributed by atoms with van der Waals surface area (Å²) in [4.78, 5) is 14.3. The first-order chi connectivity index (χ1) is 6.29. The molecule has 1 aromatic heterocycles. The average molecular weight is 182 g/mol. The molecular weight excluding hydrogens is 168 g/mol. The molecule has 4 nitrogen and oxygen atoms in total. The van der Waals surface area contributed by atoms with Gasteiger partial charge in [0, 0.05) is 11.9 Å². The minimum atomic E-state index is -0.394. The molecule has 0 spiro atoms. The van der Waals surface area contributed by atoms with Crippen molar-refractivity contribution in [1.82, 2.24) is 10.3 Å². The average Bonchev–Trinajstić information content (AvgIpc) is 2.59. The van der Waals surface area contributed by atoms with Crippen LogP contribution in [-0.4, -0.2) is 24.6 Å². The van der Waals surface area contributed by atoms with Crippen LogP contribution in [0.2, 0.25) is 0 Å². The van der Waals surface area contributed by atoms with E-state index in [2.05, 4.69) is 10.3 Å². The molecule has 0 amide bonds. The van der Waals surface area contributed by atoms with Crippen molar-refractivity contribution >= 4 is 5.97 Å². The minimum absolute atomic E-state index is 0.257. The molecule has 0 aliphatic rings. The van der Waals surface area contributed by atoms with Gasteiger partial charge in [-0.25, -0.2) is 4.79 Å². The quantitative estimate of drug-likeness (QED) is 0.678. The molecule has 0 fully saturated rings. The largest absolute Gasteiger partial charge is 0.465 e. The molecule has 4 heteroatoms. The van der Waals surface area contributed by atoms with E-state index < -0.39 is 6.04 Å². The van der Waals surface area contributed by atoms with Gasteiger partial charge in [0.05, 0.1) is 6.61 Å². The molecule has 0 saturated heterocycles. The van der Waals surface area contributed by atoms with Crippen molar-refractivity contribution in [2.45, 2.75) is 13.0 Å². The number of ether oxygens (including phenoxy) is 1. The highest BCUT2D eigenvalue weighted by molar-refractivity contribution is 5.77. The lowest BCUT2D eigenvalue weighted by Gasteiger charge is -2.12. The fraction of sp³-hybridized carbons (Fsp3) is 0.444. The number of aromatic amines is 1. The number of rotatable bonds is 4. The summed E-state index contributed by atoms with van der Waals surface area (Å²) in [6, 6.07) is 3.30. The molecule has 0 bridgehead atoms. The summed E-state index contributed by atoms with van der Waals surface area (Å²) in [6.07, 6.45) is 1.78. The van der Waals surface area contributed by atoms with E-state index in [0.29, 0.717) is 6.61 Å². The van der Waals surface area contributed by atoms with Crippen LogP contribution in [0.15, 0.2) is 18.3 Å². The van der Waals surface area contributed by atoms with E-state index in [9.17, 15) is 4.79 Å². The minimum Gasteiger partial charge on any atom is -0.465 e. The van der Waals surface area contributed by atoms with Gasteiger partial charge in [-0.2, -0.15) is 0 Å². The van der Waals surface area contributed by atoms with Crippen LogP contribution in [0.4, 0.5) is 0 Å². The Bertz CT molecular complexity index is 257. The lowest BCUT2D eigenvalue weighted by atomic mass is 10.2. The number of hydrogen-bond donors (Lipinski definition) is 2. The summed E-state index contributed by atoms with van der Waals surface area (Å²) >= 11 is 0. The second kappa shape index (κ2) is 4.67. The molecule has 0 saturated carbocycles. The standard InChI is InChI=1S/C9H14N2O2/c1-3-13-9(12)8(10-2)7-5-4-6-11-7/h4-6,8,10-11H,3H2,1-2H3. The third kappa shape index (κ3) is 2.32.